The summed E-state index contributed by atoms with van der Waals surface area (Å²) in [6, 6.07) is 8.20. The van der Waals surface area contributed by atoms with E-state index < -0.39 is 16.4 Å². The van der Waals surface area contributed by atoms with Gasteiger partial charge in [0.05, 0.1) is 4.92 Å². The number of halogens is 2. The highest BCUT2D eigenvalue weighted by atomic mass is 35.5. The molecule has 142 valence electrons. The number of aromatic nitrogens is 1. The van der Waals surface area contributed by atoms with Crippen molar-refractivity contribution in [2.24, 2.45) is 11.3 Å². The van der Waals surface area contributed by atoms with Gasteiger partial charge in [0, 0.05) is 19.3 Å². The van der Waals surface area contributed by atoms with Crippen LogP contribution in [0.3, 0.4) is 0 Å². The molecule has 2 heterocycles. The molecular weight excluding hydrogens is 369 g/mol. The van der Waals surface area contributed by atoms with Crippen LogP contribution in [-0.2, 0) is 6.42 Å². The highest BCUT2D eigenvalue weighted by Gasteiger charge is 2.46. The van der Waals surface area contributed by atoms with Crippen molar-refractivity contribution < 1.29 is 9.31 Å². The Morgan fingerprint density at radius 3 is 2.63 bits per heavy atom. The number of nitrogens with zero attached hydrogens (tertiary/aromatic N) is 3. The van der Waals surface area contributed by atoms with Crippen molar-refractivity contribution in [1.82, 2.24) is 4.98 Å². The predicted octanol–water partition coefficient (Wildman–Crippen LogP) is 5.02. The number of nitro groups is 1. The number of pyridine rings is 1. The van der Waals surface area contributed by atoms with Gasteiger partial charge in [-0.1, -0.05) is 23.7 Å². The molecule has 4 rings (SSSR count). The molecular formula is C20H21ClFN3O2. The van der Waals surface area contributed by atoms with Crippen molar-refractivity contribution in [3.63, 3.8) is 0 Å². The Morgan fingerprint density at radius 1 is 1.26 bits per heavy atom. The van der Waals surface area contributed by atoms with Crippen LogP contribution >= 0.6 is 11.6 Å². The highest BCUT2D eigenvalue weighted by molar-refractivity contribution is 6.29. The van der Waals surface area contributed by atoms with Crippen molar-refractivity contribution in [3.05, 3.63) is 63.2 Å². The van der Waals surface area contributed by atoms with Gasteiger partial charge in [0.1, 0.15) is 10.8 Å². The Balaban J connectivity index is 1.36. The molecule has 0 unspecified atom stereocenters. The van der Waals surface area contributed by atoms with Crippen molar-refractivity contribution >= 4 is 23.0 Å². The second-order valence-electron chi connectivity index (χ2n) is 7.82. The minimum Gasteiger partial charge on any atom is -0.366 e. The zero-order valence-corrected chi connectivity index (χ0v) is 15.7. The third-order valence-electron chi connectivity index (χ3n) is 6.07. The van der Waals surface area contributed by atoms with Crippen LogP contribution < -0.4 is 4.90 Å². The molecule has 0 bridgehead atoms. The number of rotatable bonds is 4. The second kappa shape index (κ2) is 7.08. The van der Waals surface area contributed by atoms with Gasteiger partial charge >= 0.3 is 5.69 Å². The van der Waals surface area contributed by atoms with E-state index in [0.717, 1.165) is 38.4 Å². The number of piperidine rings is 1. The molecule has 1 spiro atoms. The summed E-state index contributed by atoms with van der Waals surface area (Å²) in [6.07, 6.45) is 7.21. The van der Waals surface area contributed by atoms with Crippen molar-refractivity contribution in [1.29, 1.82) is 0 Å². The SMILES string of the molecule is O=[N+]([O-])c1c(F)cccc1N1CCC2(CC1)CC(Cc1ccc(Cl)nc1)C2. The van der Waals surface area contributed by atoms with E-state index in [0.29, 0.717) is 22.2 Å². The average molecular weight is 390 g/mol. The number of anilines is 1. The minimum absolute atomic E-state index is 0.336. The van der Waals surface area contributed by atoms with Gasteiger partial charge in [0.15, 0.2) is 0 Å². The Morgan fingerprint density at radius 2 is 2.00 bits per heavy atom. The quantitative estimate of drug-likeness (QED) is 0.418. The molecule has 2 aromatic rings. The monoisotopic (exact) mass is 389 g/mol. The van der Waals surface area contributed by atoms with E-state index in [1.807, 2.05) is 23.2 Å². The normalized spacial score (nSPS) is 19.1. The molecule has 1 aliphatic heterocycles. The van der Waals surface area contributed by atoms with E-state index >= 15 is 0 Å². The van der Waals surface area contributed by atoms with Gasteiger partial charge in [-0.25, -0.2) is 4.98 Å². The van der Waals surface area contributed by atoms with Gasteiger partial charge in [-0.2, -0.15) is 4.39 Å². The number of hydrogen-bond acceptors (Lipinski definition) is 4. The van der Waals surface area contributed by atoms with E-state index in [-0.39, 0.29) is 0 Å². The van der Waals surface area contributed by atoms with Gasteiger partial charge in [-0.3, -0.25) is 10.1 Å². The van der Waals surface area contributed by atoms with Crippen LogP contribution in [0, 0.1) is 27.3 Å². The molecule has 2 fully saturated rings. The first-order valence-electron chi connectivity index (χ1n) is 9.24. The zero-order valence-electron chi connectivity index (χ0n) is 14.9. The van der Waals surface area contributed by atoms with E-state index in [1.165, 1.54) is 18.4 Å². The largest absolute Gasteiger partial charge is 0.366 e. The summed E-state index contributed by atoms with van der Waals surface area (Å²) in [5.74, 6) is -0.110. The van der Waals surface area contributed by atoms with Crippen molar-refractivity contribution in [2.45, 2.75) is 32.1 Å². The van der Waals surface area contributed by atoms with Crippen LogP contribution in [0.15, 0.2) is 36.5 Å². The van der Waals surface area contributed by atoms with Gasteiger partial charge < -0.3 is 4.90 Å². The smallest absolute Gasteiger partial charge is 0.327 e. The van der Waals surface area contributed by atoms with Gasteiger partial charge in [0.25, 0.3) is 0 Å². The van der Waals surface area contributed by atoms with Crippen molar-refractivity contribution in [2.75, 3.05) is 18.0 Å². The first-order chi connectivity index (χ1) is 13.0. The number of nitro benzene ring substituents is 1. The highest BCUT2D eigenvalue weighted by Crippen LogP contribution is 2.54. The molecule has 1 aromatic carbocycles. The van der Waals surface area contributed by atoms with E-state index in [1.54, 1.807) is 12.1 Å². The van der Waals surface area contributed by atoms with Crippen LogP contribution in [0.25, 0.3) is 0 Å². The molecule has 0 N–H and O–H groups in total. The number of hydrogen-bond donors (Lipinski definition) is 0. The Kier molecular flexibility index (Phi) is 4.76. The topological polar surface area (TPSA) is 59.3 Å². The van der Waals surface area contributed by atoms with Crippen LogP contribution in [-0.4, -0.2) is 23.0 Å². The lowest BCUT2D eigenvalue weighted by Gasteiger charge is -2.52. The maximum atomic E-state index is 13.9. The summed E-state index contributed by atoms with van der Waals surface area (Å²) in [5.41, 5.74) is 1.54. The number of benzene rings is 1. The lowest BCUT2D eigenvalue weighted by atomic mass is 9.56. The number of para-hydroxylation sites is 1. The predicted molar refractivity (Wildman–Crippen MR) is 103 cm³/mol. The maximum Gasteiger partial charge on any atom is 0.327 e. The molecule has 27 heavy (non-hydrogen) atoms. The van der Waals surface area contributed by atoms with Crippen LogP contribution in [0.4, 0.5) is 15.8 Å². The van der Waals surface area contributed by atoms with Crippen LogP contribution in [0.5, 0.6) is 0 Å². The Bertz CT molecular complexity index is 843. The van der Waals surface area contributed by atoms with E-state index in [2.05, 4.69) is 4.98 Å². The molecule has 0 atom stereocenters. The fourth-order valence-corrected chi connectivity index (χ4v) is 4.85. The van der Waals surface area contributed by atoms with E-state index in [9.17, 15) is 14.5 Å². The molecule has 5 nitrogen and oxygen atoms in total. The molecule has 1 aromatic heterocycles. The van der Waals surface area contributed by atoms with Crippen molar-refractivity contribution in [3.8, 4) is 0 Å². The van der Waals surface area contributed by atoms with Crippen LogP contribution in [0.1, 0.15) is 31.2 Å². The summed E-state index contributed by atoms with van der Waals surface area (Å²) < 4.78 is 13.9. The third-order valence-corrected chi connectivity index (χ3v) is 6.29. The summed E-state index contributed by atoms with van der Waals surface area (Å²) in [6.45, 7) is 1.47. The fraction of sp³-hybridized carbons (Fsp3) is 0.450. The maximum absolute atomic E-state index is 13.9. The molecule has 1 aliphatic carbocycles. The zero-order chi connectivity index (χ0) is 19.0. The summed E-state index contributed by atoms with van der Waals surface area (Å²) >= 11 is 5.84. The first-order valence-corrected chi connectivity index (χ1v) is 9.62. The Labute approximate surface area is 162 Å². The average Bonchev–Trinajstić information content (AvgIpc) is 2.62. The first kappa shape index (κ1) is 18.2. The molecule has 2 aliphatic rings. The molecule has 1 saturated carbocycles. The third kappa shape index (κ3) is 3.63. The second-order valence-corrected chi connectivity index (χ2v) is 8.21. The van der Waals surface area contributed by atoms with Gasteiger partial charge in [0.2, 0.25) is 5.82 Å². The van der Waals surface area contributed by atoms with E-state index in [4.69, 9.17) is 11.6 Å². The lowest BCUT2D eigenvalue weighted by Crippen LogP contribution is -2.47. The Hall–Kier alpha value is -2.21. The minimum atomic E-state index is -0.766. The lowest BCUT2D eigenvalue weighted by molar-refractivity contribution is -0.386. The van der Waals surface area contributed by atoms with Gasteiger partial charge in [-0.05, 0) is 67.2 Å². The van der Waals surface area contributed by atoms with Crippen LogP contribution in [0.2, 0.25) is 5.15 Å². The molecule has 7 heteroatoms. The molecule has 1 saturated heterocycles. The fourth-order valence-electron chi connectivity index (χ4n) is 4.74. The summed E-state index contributed by atoms with van der Waals surface area (Å²) in [5, 5.41) is 11.8. The van der Waals surface area contributed by atoms with Gasteiger partial charge in [-0.15, -0.1) is 0 Å². The summed E-state index contributed by atoms with van der Waals surface area (Å²) in [4.78, 5) is 16.7. The standard InChI is InChI=1S/C20H21ClFN3O2/c21-18-5-4-14(13-23-18)10-15-11-20(12-15)6-8-24(9-7-20)17-3-1-2-16(22)19(17)25(26)27/h1-5,13,15H,6-12H2. The molecule has 0 amide bonds. The molecule has 0 radical (unpaired) electrons. The summed E-state index contributed by atoms with van der Waals surface area (Å²) in [7, 11) is 0.